The van der Waals surface area contributed by atoms with Crippen LogP contribution in [0.15, 0.2) is 96.1 Å². The minimum atomic E-state index is 0. The largest absolute Gasteiger partial charge is 1.00 e. The second kappa shape index (κ2) is 16.9. The molecule has 0 aliphatic heterocycles. The SMILES string of the molecule is CC(C)(C)c1c[c-]c2c(c1)-c1cc(C(C)(C)C)ccc1C2.CC1=[C-]C(C)C=C1C.Cc1ccc([C](=[Zr+2])c2ccc(C)cc2)cc1.[Cl-].[Cl-]. The van der Waals surface area contributed by atoms with Gasteiger partial charge in [0.25, 0.3) is 0 Å². The maximum absolute atomic E-state index is 3.53. The summed E-state index contributed by atoms with van der Waals surface area (Å²) in [6.45, 7) is 24.3. The summed E-state index contributed by atoms with van der Waals surface area (Å²) in [5.41, 5.74) is 16.8. The van der Waals surface area contributed by atoms with Crippen molar-refractivity contribution in [3.8, 4) is 11.1 Å². The summed E-state index contributed by atoms with van der Waals surface area (Å²) < 4.78 is 1.42. The van der Waals surface area contributed by atoms with Crippen molar-refractivity contribution >= 4 is 3.21 Å². The van der Waals surface area contributed by atoms with E-state index in [0.29, 0.717) is 5.92 Å². The average molecular weight is 741 g/mol. The van der Waals surface area contributed by atoms with Crippen molar-refractivity contribution < 1.29 is 49.0 Å². The summed E-state index contributed by atoms with van der Waals surface area (Å²) in [5.74, 6) is 0.551. The zero-order chi connectivity index (χ0) is 33.1. The van der Waals surface area contributed by atoms with Gasteiger partial charge in [-0.2, -0.15) is 35.4 Å². The Morgan fingerprint density at radius 2 is 1.17 bits per heavy atom. The van der Waals surface area contributed by atoms with Crippen LogP contribution in [0.4, 0.5) is 0 Å². The standard InChI is InChI=1S/C21H25.C15H14.C8H11.2ClH.Zr/c1-20(2,3)16-9-7-14-11-15-8-10-17(21(4,5)6)13-19(15)18(14)12-16;1-12-3-7-14(8-4-12)11-15-9-5-13(2)6-10-15;1-6-4-7(2)8(3)5-6;;;/h7,9-10,12-13H,11H2,1-6H3;3-10H,1-2H3;4,6H,1-3H3;2*1H;/q-1;;-1;;;+2/p-2. The molecule has 0 bridgehead atoms. The number of halogens is 2. The fraction of sp³-hybridized carbons (Fsp3) is 0.341. The molecule has 0 radical (unpaired) electrons. The molecule has 0 spiro atoms. The van der Waals surface area contributed by atoms with E-state index in [1.807, 2.05) is 0 Å². The van der Waals surface area contributed by atoms with Crippen molar-refractivity contribution in [2.45, 2.75) is 93.4 Å². The summed E-state index contributed by atoms with van der Waals surface area (Å²) in [6.07, 6.45) is 6.55. The number of aryl methyl sites for hydroxylation is 2. The van der Waals surface area contributed by atoms with Gasteiger partial charge in [-0.15, -0.1) is 12.5 Å². The second-order valence-electron chi connectivity index (χ2n) is 14.8. The molecule has 4 aromatic carbocycles. The van der Waals surface area contributed by atoms with Gasteiger partial charge in [0.15, 0.2) is 0 Å². The molecule has 0 N–H and O–H groups in total. The molecule has 0 saturated heterocycles. The minimum Gasteiger partial charge on any atom is -1.00 e. The molecule has 0 nitrogen and oxygen atoms in total. The van der Waals surface area contributed by atoms with E-state index in [1.165, 1.54) is 94.2 Å². The Morgan fingerprint density at radius 3 is 1.57 bits per heavy atom. The third kappa shape index (κ3) is 10.8. The van der Waals surface area contributed by atoms with Gasteiger partial charge in [0.2, 0.25) is 0 Å². The molecule has 47 heavy (non-hydrogen) atoms. The molecule has 1 unspecified atom stereocenters. The van der Waals surface area contributed by atoms with Gasteiger partial charge in [-0.25, -0.2) is 11.1 Å². The zero-order valence-electron chi connectivity index (χ0n) is 30.1. The molecule has 0 fully saturated rings. The van der Waals surface area contributed by atoms with Crippen molar-refractivity contribution in [2.75, 3.05) is 0 Å². The topological polar surface area (TPSA) is 0 Å². The number of rotatable bonds is 2. The molecule has 0 saturated carbocycles. The van der Waals surface area contributed by atoms with E-state index in [4.69, 9.17) is 0 Å². The van der Waals surface area contributed by atoms with Gasteiger partial charge >= 0.3 is 112 Å². The van der Waals surface area contributed by atoms with Crippen LogP contribution in [0.1, 0.15) is 107 Å². The molecule has 0 amide bonds. The Labute approximate surface area is 313 Å². The molecule has 0 aromatic heterocycles. The van der Waals surface area contributed by atoms with Crippen LogP contribution >= 0.6 is 0 Å². The molecular formula is C44H50Cl2Zr-2. The van der Waals surface area contributed by atoms with Crippen LogP contribution in [0.2, 0.25) is 0 Å². The van der Waals surface area contributed by atoms with Crippen LogP contribution in [-0.2, 0) is 41.5 Å². The summed E-state index contributed by atoms with van der Waals surface area (Å²) in [4.78, 5) is 0. The van der Waals surface area contributed by atoms with Crippen molar-refractivity contribution in [1.82, 2.24) is 0 Å². The number of hydrogen-bond donors (Lipinski definition) is 0. The third-order valence-corrected chi connectivity index (χ3v) is 10.2. The van der Waals surface area contributed by atoms with Crippen LogP contribution in [0, 0.1) is 31.9 Å². The molecular weight excluding hydrogens is 691 g/mol. The van der Waals surface area contributed by atoms with Gasteiger partial charge in [-0.1, -0.05) is 96.0 Å². The van der Waals surface area contributed by atoms with E-state index in [2.05, 4.69) is 173 Å². The van der Waals surface area contributed by atoms with E-state index >= 15 is 0 Å². The van der Waals surface area contributed by atoms with E-state index in [0.717, 1.165) is 6.42 Å². The first-order valence-electron chi connectivity index (χ1n) is 16.2. The van der Waals surface area contributed by atoms with Gasteiger partial charge < -0.3 is 24.8 Å². The Morgan fingerprint density at radius 1 is 0.681 bits per heavy atom. The van der Waals surface area contributed by atoms with Gasteiger partial charge in [-0.3, -0.25) is 6.08 Å². The van der Waals surface area contributed by atoms with Crippen LogP contribution in [-0.4, -0.2) is 3.21 Å². The minimum absolute atomic E-state index is 0. The number of benzene rings is 4. The Hall–Kier alpha value is -2.31. The number of hydrogen-bond acceptors (Lipinski definition) is 0. The quantitative estimate of drug-likeness (QED) is 0.213. The molecule has 2 aliphatic carbocycles. The Bertz CT molecular complexity index is 1600. The summed E-state index contributed by atoms with van der Waals surface area (Å²) >= 11 is 1.46. The summed E-state index contributed by atoms with van der Waals surface area (Å²) in [7, 11) is 0. The molecule has 246 valence electrons. The van der Waals surface area contributed by atoms with E-state index in [1.54, 1.807) is 0 Å². The van der Waals surface area contributed by atoms with Crippen LogP contribution in [0.5, 0.6) is 0 Å². The van der Waals surface area contributed by atoms with Crippen molar-refractivity contribution in [1.29, 1.82) is 0 Å². The van der Waals surface area contributed by atoms with E-state index in [-0.39, 0.29) is 35.6 Å². The van der Waals surface area contributed by atoms with Gasteiger partial charge in [0, 0.05) is 0 Å². The Balaban J connectivity index is 0.000000262. The van der Waals surface area contributed by atoms with Crippen LogP contribution < -0.4 is 24.8 Å². The first kappa shape index (κ1) is 40.9. The Kier molecular flexibility index (Phi) is 14.7. The zero-order valence-corrected chi connectivity index (χ0v) is 34.1. The van der Waals surface area contributed by atoms with Gasteiger partial charge in [0.05, 0.1) is 0 Å². The fourth-order valence-corrected chi connectivity index (χ4v) is 6.41. The number of allylic oxidation sites excluding steroid dienone is 4. The van der Waals surface area contributed by atoms with Crippen LogP contribution in [0.25, 0.3) is 11.1 Å². The van der Waals surface area contributed by atoms with Crippen molar-refractivity contribution in [2.24, 2.45) is 5.92 Å². The third-order valence-electron chi connectivity index (χ3n) is 8.74. The number of fused-ring (bicyclic) bond motifs is 3. The van der Waals surface area contributed by atoms with Crippen molar-refractivity contribution in [3.63, 3.8) is 0 Å². The molecule has 4 aromatic rings. The fourth-order valence-electron chi connectivity index (χ4n) is 5.59. The van der Waals surface area contributed by atoms with E-state index in [9.17, 15) is 0 Å². The first-order chi connectivity index (χ1) is 21.0. The molecule has 3 heteroatoms. The monoisotopic (exact) mass is 738 g/mol. The predicted octanol–water partition coefficient (Wildman–Crippen LogP) is 5.41. The van der Waals surface area contributed by atoms with Crippen molar-refractivity contribution in [3.05, 3.63) is 153 Å². The molecule has 6 rings (SSSR count). The summed E-state index contributed by atoms with van der Waals surface area (Å²) in [5, 5.41) is 0. The smallest absolute Gasteiger partial charge is 1.00 e. The van der Waals surface area contributed by atoms with Gasteiger partial charge in [0.1, 0.15) is 0 Å². The normalized spacial score (nSPS) is 14.4. The molecule has 2 aliphatic rings. The van der Waals surface area contributed by atoms with Crippen LogP contribution in [0.3, 0.4) is 0 Å². The summed E-state index contributed by atoms with van der Waals surface area (Å²) in [6, 6.07) is 32.6. The maximum Gasteiger partial charge on any atom is -1.00 e. The maximum atomic E-state index is 3.53. The molecule has 0 heterocycles. The molecule has 1 atom stereocenters. The van der Waals surface area contributed by atoms with E-state index < -0.39 is 0 Å². The average Bonchev–Trinajstić information content (AvgIpc) is 3.49. The predicted molar refractivity (Wildman–Crippen MR) is 192 cm³/mol. The second-order valence-corrected chi connectivity index (χ2v) is 16.1. The first-order valence-corrected chi connectivity index (χ1v) is 17.5. The van der Waals surface area contributed by atoms with Gasteiger partial charge in [-0.05, 0) is 17.4 Å².